The van der Waals surface area contributed by atoms with Gasteiger partial charge in [0.2, 0.25) is 11.9 Å². The summed E-state index contributed by atoms with van der Waals surface area (Å²) in [4.78, 5) is 22.9. The minimum Gasteiger partial charge on any atom is -0.378 e. The van der Waals surface area contributed by atoms with Crippen molar-refractivity contribution in [2.24, 2.45) is 0 Å². The van der Waals surface area contributed by atoms with Crippen molar-refractivity contribution in [3.8, 4) is 5.82 Å². The normalized spacial score (nSPS) is 15.7. The van der Waals surface area contributed by atoms with Gasteiger partial charge in [-0.15, -0.1) is 0 Å². The van der Waals surface area contributed by atoms with Crippen molar-refractivity contribution < 1.29 is 9.53 Å². The zero-order chi connectivity index (χ0) is 28.6. The minimum absolute atomic E-state index is 0.0303. The third kappa shape index (κ3) is 8.36. The highest BCUT2D eigenvalue weighted by atomic mass is 35.5. The predicted octanol–water partition coefficient (Wildman–Crippen LogP) is 6.90. The molecule has 41 heavy (non-hydrogen) atoms. The molecule has 0 bridgehead atoms. The number of hydrogen-bond acceptors (Lipinski definition) is 6. The Morgan fingerprint density at radius 3 is 2.56 bits per heavy atom. The first-order valence-electron chi connectivity index (χ1n) is 13.5. The molecule has 0 saturated carbocycles. The second-order valence-electron chi connectivity index (χ2n) is 9.88. The molecule has 2 unspecified atom stereocenters. The standard InChI is InChI=1S/C30H31Cl3N6O2/c31-22-7-5-6-20(14-22)18-35-30-37-27(17-28(38-30)39-11-2-3-12-39)36-26(16-24-8-1-4-13-41-24)29(40)34-19-21-9-10-23(32)15-25(21)33/h2-3,5-7,9-12,14-15,17,24,26H,1,4,8,13,16,18-19H2,(H,34,40)(H2,35,36,37,38). The lowest BCUT2D eigenvalue weighted by Gasteiger charge is -2.27. The molecule has 0 radical (unpaired) electrons. The van der Waals surface area contributed by atoms with Crippen LogP contribution in [0.1, 0.15) is 36.8 Å². The number of ether oxygens (including phenoxy) is 1. The second kappa shape index (κ2) is 14.0. The lowest BCUT2D eigenvalue weighted by atomic mass is 10.0. The topological polar surface area (TPSA) is 93.1 Å². The van der Waals surface area contributed by atoms with Crippen LogP contribution in [0, 0.1) is 0 Å². The van der Waals surface area contributed by atoms with Crippen molar-refractivity contribution in [3.05, 3.63) is 99.3 Å². The predicted molar refractivity (Wildman–Crippen MR) is 164 cm³/mol. The maximum absolute atomic E-state index is 13.5. The van der Waals surface area contributed by atoms with Crippen LogP contribution in [0.4, 0.5) is 11.8 Å². The van der Waals surface area contributed by atoms with Crippen molar-refractivity contribution >= 4 is 52.5 Å². The van der Waals surface area contributed by atoms with Crippen LogP contribution in [0.5, 0.6) is 0 Å². The molecule has 2 aromatic heterocycles. The largest absolute Gasteiger partial charge is 0.378 e. The van der Waals surface area contributed by atoms with Crippen molar-refractivity contribution in [2.75, 3.05) is 17.2 Å². The molecule has 0 aliphatic carbocycles. The highest BCUT2D eigenvalue weighted by Gasteiger charge is 2.26. The van der Waals surface area contributed by atoms with Crippen LogP contribution >= 0.6 is 34.8 Å². The van der Waals surface area contributed by atoms with E-state index in [1.165, 1.54) is 0 Å². The average Bonchev–Trinajstić information content (AvgIpc) is 3.51. The molecule has 1 aliphatic heterocycles. The molecule has 3 heterocycles. The number of rotatable bonds is 11. The van der Waals surface area contributed by atoms with Crippen LogP contribution in [-0.4, -0.2) is 39.2 Å². The third-order valence-corrected chi connectivity index (χ3v) is 7.62. The van der Waals surface area contributed by atoms with E-state index in [4.69, 9.17) is 49.5 Å². The van der Waals surface area contributed by atoms with Crippen molar-refractivity contribution in [1.82, 2.24) is 19.9 Å². The number of aromatic nitrogens is 3. The first-order chi connectivity index (χ1) is 19.9. The molecule has 2 aromatic carbocycles. The van der Waals surface area contributed by atoms with Gasteiger partial charge < -0.3 is 25.3 Å². The molecule has 1 amide bonds. The maximum Gasteiger partial charge on any atom is 0.242 e. The zero-order valence-corrected chi connectivity index (χ0v) is 24.6. The SMILES string of the molecule is O=C(NCc1ccc(Cl)cc1Cl)C(CC1CCCCO1)Nc1cc(-n2cccc2)nc(NCc2cccc(Cl)c2)n1. The van der Waals surface area contributed by atoms with E-state index in [0.29, 0.717) is 52.2 Å². The quantitative estimate of drug-likeness (QED) is 0.171. The van der Waals surface area contributed by atoms with Crippen LogP contribution in [0.2, 0.25) is 15.1 Å². The monoisotopic (exact) mass is 612 g/mol. The number of nitrogens with zero attached hydrogens (tertiary/aromatic N) is 3. The van der Waals surface area contributed by atoms with E-state index in [1.807, 2.05) is 65.5 Å². The Balaban J connectivity index is 1.37. The summed E-state index contributed by atoms with van der Waals surface area (Å²) in [7, 11) is 0. The molecule has 11 heteroatoms. The third-order valence-electron chi connectivity index (χ3n) is 6.80. The fourth-order valence-electron chi connectivity index (χ4n) is 4.67. The molecule has 5 rings (SSSR count). The molecule has 3 N–H and O–H groups in total. The molecule has 1 fully saturated rings. The lowest BCUT2D eigenvalue weighted by molar-refractivity contribution is -0.123. The number of carbonyl (C=O) groups is 1. The van der Waals surface area contributed by atoms with Gasteiger partial charge in [-0.2, -0.15) is 9.97 Å². The van der Waals surface area contributed by atoms with Crippen molar-refractivity contribution in [3.63, 3.8) is 0 Å². The summed E-state index contributed by atoms with van der Waals surface area (Å²) < 4.78 is 7.87. The fourth-order valence-corrected chi connectivity index (χ4v) is 5.36. The summed E-state index contributed by atoms with van der Waals surface area (Å²) in [5.74, 6) is 1.40. The van der Waals surface area contributed by atoms with E-state index >= 15 is 0 Å². The van der Waals surface area contributed by atoms with E-state index in [-0.39, 0.29) is 18.6 Å². The molecular weight excluding hydrogens is 583 g/mol. The molecule has 214 valence electrons. The number of hydrogen-bond donors (Lipinski definition) is 3. The Morgan fingerprint density at radius 1 is 0.976 bits per heavy atom. The van der Waals surface area contributed by atoms with Gasteiger partial charge in [0.25, 0.3) is 0 Å². The Hall–Kier alpha value is -3.30. The van der Waals surface area contributed by atoms with Gasteiger partial charge in [-0.05, 0) is 66.8 Å². The number of amides is 1. The smallest absolute Gasteiger partial charge is 0.242 e. The van der Waals surface area contributed by atoms with Crippen LogP contribution in [0.3, 0.4) is 0 Å². The minimum atomic E-state index is -0.600. The summed E-state index contributed by atoms with van der Waals surface area (Å²) in [5, 5.41) is 11.4. The molecule has 4 aromatic rings. The number of carbonyl (C=O) groups excluding carboxylic acids is 1. The Kier molecular flexibility index (Phi) is 10.0. The molecule has 0 spiro atoms. The Labute approximate surface area is 254 Å². The van der Waals surface area contributed by atoms with Gasteiger partial charge in [-0.1, -0.05) is 53.0 Å². The number of anilines is 2. The average molecular weight is 614 g/mol. The van der Waals surface area contributed by atoms with Crippen LogP contribution in [0.25, 0.3) is 5.82 Å². The highest BCUT2D eigenvalue weighted by Crippen LogP contribution is 2.23. The second-order valence-corrected chi connectivity index (χ2v) is 11.2. The van der Waals surface area contributed by atoms with Crippen LogP contribution in [0.15, 0.2) is 73.1 Å². The van der Waals surface area contributed by atoms with E-state index in [1.54, 1.807) is 12.1 Å². The molecule has 8 nitrogen and oxygen atoms in total. The Bertz CT molecular complexity index is 1460. The van der Waals surface area contributed by atoms with Crippen LogP contribution in [-0.2, 0) is 22.6 Å². The van der Waals surface area contributed by atoms with Gasteiger partial charge in [0, 0.05) is 59.6 Å². The van der Waals surface area contributed by atoms with Gasteiger partial charge in [-0.3, -0.25) is 4.79 Å². The summed E-state index contributed by atoms with van der Waals surface area (Å²) in [5.41, 5.74) is 1.77. The molecule has 2 atom stereocenters. The fraction of sp³-hybridized carbons (Fsp3) is 0.300. The van der Waals surface area contributed by atoms with E-state index in [2.05, 4.69) is 16.0 Å². The van der Waals surface area contributed by atoms with E-state index < -0.39 is 6.04 Å². The van der Waals surface area contributed by atoms with Crippen molar-refractivity contribution in [2.45, 2.75) is 50.9 Å². The zero-order valence-electron chi connectivity index (χ0n) is 22.3. The molecule has 1 saturated heterocycles. The number of halogens is 3. The molecular formula is C30H31Cl3N6O2. The van der Waals surface area contributed by atoms with E-state index in [0.717, 1.165) is 30.4 Å². The summed E-state index contributed by atoms with van der Waals surface area (Å²) in [6, 6.07) is 17.9. The Morgan fingerprint density at radius 2 is 1.80 bits per heavy atom. The van der Waals surface area contributed by atoms with Crippen molar-refractivity contribution in [1.29, 1.82) is 0 Å². The van der Waals surface area contributed by atoms with Gasteiger partial charge in [0.1, 0.15) is 17.7 Å². The number of benzene rings is 2. The first kappa shape index (κ1) is 29.2. The summed E-state index contributed by atoms with van der Waals surface area (Å²) in [6.45, 7) is 1.45. The maximum atomic E-state index is 13.5. The van der Waals surface area contributed by atoms with E-state index in [9.17, 15) is 4.79 Å². The van der Waals surface area contributed by atoms with Gasteiger partial charge >= 0.3 is 0 Å². The van der Waals surface area contributed by atoms with Gasteiger partial charge in [0.15, 0.2) is 0 Å². The summed E-state index contributed by atoms with van der Waals surface area (Å²) >= 11 is 18.5. The molecule has 1 aliphatic rings. The number of nitrogens with one attached hydrogen (secondary N) is 3. The first-order valence-corrected chi connectivity index (χ1v) is 14.7. The highest BCUT2D eigenvalue weighted by molar-refractivity contribution is 6.35. The lowest BCUT2D eigenvalue weighted by Crippen LogP contribution is -2.42. The van der Waals surface area contributed by atoms with Gasteiger partial charge in [0.05, 0.1) is 6.10 Å². The van der Waals surface area contributed by atoms with Crippen LogP contribution < -0.4 is 16.0 Å². The summed E-state index contributed by atoms with van der Waals surface area (Å²) in [6.07, 6.45) is 7.28. The van der Waals surface area contributed by atoms with Gasteiger partial charge in [-0.25, -0.2) is 0 Å².